The van der Waals surface area contributed by atoms with Crippen molar-refractivity contribution in [1.29, 1.82) is 0 Å². The van der Waals surface area contributed by atoms with Crippen LogP contribution >= 0.6 is 0 Å². The van der Waals surface area contributed by atoms with E-state index in [1.807, 2.05) is 60.7 Å². The number of nitrogens with one attached hydrogen (secondary N) is 4. The van der Waals surface area contributed by atoms with E-state index in [2.05, 4.69) is 30.3 Å². The van der Waals surface area contributed by atoms with Gasteiger partial charge in [-0.3, -0.25) is 14.3 Å². The molecule has 16 nitrogen and oxygen atoms in total. The summed E-state index contributed by atoms with van der Waals surface area (Å²) < 4.78 is 66.0. The maximum absolute atomic E-state index is 13.7. The van der Waals surface area contributed by atoms with Crippen LogP contribution in [0.25, 0.3) is 0 Å². The first-order chi connectivity index (χ1) is 31.5. The van der Waals surface area contributed by atoms with E-state index in [1.165, 1.54) is 31.7 Å². The molecule has 3 amide bonds. The summed E-state index contributed by atoms with van der Waals surface area (Å²) >= 11 is 0. The number of benzene rings is 5. The summed E-state index contributed by atoms with van der Waals surface area (Å²) in [7, 11) is -6.76. The molecule has 1 unspecified atom stereocenters. The predicted octanol–water partition coefficient (Wildman–Crippen LogP) is 5.62. The van der Waals surface area contributed by atoms with Crippen LogP contribution in [0.3, 0.4) is 0 Å². The molecule has 6 rings (SSSR count). The van der Waals surface area contributed by atoms with Gasteiger partial charge < -0.3 is 25.7 Å². The molecule has 0 spiro atoms. The number of aromatic nitrogens is 1. The number of pyridine rings is 1. The molecule has 1 atom stereocenters. The minimum Gasteiger partial charge on any atom is -0.496 e. The zero-order valence-corrected chi connectivity index (χ0v) is 38.3. The lowest BCUT2D eigenvalue weighted by atomic mass is 9.99. The van der Waals surface area contributed by atoms with Crippen LogP contribution in [0, 0.1) is 20.8 Å². The summed E-state index contributed by atoms with van der Waals surface area (Å²) in [5.41, 5.74) is 12.4. The zero-order chi connectivity index (χ0) is 47.4. The molecule has 342 valence electrons. The Bertz CT molecular complexity index is 3000. The van der Waals surface area contributed by atoms with Crippen LogP contribution in [-0.2, 0) is 43.6 Å². The number of hydrogen-bond donors (Lipinski definition) is 5. The summed E-state index contributed by atoms with van der Waals surface area (Å²) in [6, 6.07) is 36.1. The molecule has 1 heterocycles. The SMILES string of the molecule is COc1cc(C)c(S(=O)(=O)N=C(N)c2cccc(CC(C=NNC(=O)NC(c3ccccc3)c3ccccc3)NC(=O)Cn3cccc(NS(=O)(=O)Cc4ccccc4)c3=O)c2)c(C)c1C. The quantitative estimate of drug-likeness (QED) is 0.0408. The highest BCUT2D eigenvalue weighted by Gasteiger charge is 2.24. The lowest BCUT2D eigenvalue weighted by Crippen LogP contribution is -2.42. The van der Waals surface area contributed by atoms with Crippen LogP contribution in [0.2, 0.25) is 0 Å². The van der Waals surface area contributed by atoms with E-state index < -0.39 is 56.2 Å². The van der Waals surface area contributed by atoms with Gasteiger partial charge in [-0.2, -0.15) is 13.5 Å². The van der Waals surface area contributed by atoms with Crippen LogP contribution in [-0.4, -0.2) is 58.5 Å². The average Bonchev–Trinajstić information content (AvgIpc) is 3.28. The molecule has 66 heavy (non-hydrogen) atoms. The van der Waals surface area contributed by atoms with Crippen molar-refractivity contribution in [3.63, 3.8) is 0 Å². The number of hydrogen-bond acceptors (Lipinski definition) is 9. The standard InChI is InChI=1S/C48H50N8O8S2/c1-32-26-42(64-4)33(2)34(3)45(32)66(62,63)55-46(49)39-23-14-18-36(27-39)28-40(29-50-53-48(59)52-44(37-19-10-6-11-20-37)38-21-12-7-13-22-38)51-43(57)30-56-25-15-24-41(47(56)58)54-65(60,61)31-35-16-8-5-9-17-35/h5-27,29,40,44,54H,28,30-31H2,1-4H3,(H2,49,55)(H,51,57)(H2,52,53,59). The number of amides is 3. The summed E-state index contributed by atoms with van der Waals surface area (Å²) in [5, 5.41) is 9.92. The maximum Gasteiger partial charge on any atom is 0.335 e. The van der Waals surface area contributed by atoms with E-state index in [9.17, 15) is 31.2 Å². The maximum atomic E-state index is 13.7. The first-order valence-electron chi connectivity index (χ1n) is 20.6. The number of methoxy groups -OCH3 is 1. The van der Waals surface area contributed by atoms with Gasteiger partial charge >= 0.3 is 6.03 Å². The van der Waals surface area contributed by atoms with Gasteiger partial charge in [0.05, 0.1) is 29.8 Å². The Balaban J connectivity index is 1.23. The van der Waals surface area contributed by atoms with Crippen molar-refractivity contribution in [3.05, 3.63) is 195 Å². The monoisotopic (exact) mass is 930 g/mol. The van der Waals surface area contributed by atoms with E-state index in [0.717, 1.165) is 15.7 Å². The summed E-state index contributed by atoms with van der Waals surface area (Å²) in [5.74, 6) is -0.757. The number of ether oxygens (including phenoxy) is 1. The largest absolute Gasteiger partial charge is 0.496 e. The normalized spacial score (nSPS) is 12.4. The Morgan fingerprint density at radius 2 is 1.39 bits per heavy atom. The number of rotatable bonds is 18. The molecule has 0 saturated carbocycles. The third kappa shape index (κ3) is 12.6. The molecule has 5 aromatic carbocycles. The molecule has 0 aliphatic carbocycles. The third-order valence-electron chi connectivity index (χ3n) is 10.5. The van der Waals surface area contributed by atoms with Crippen molar-refractivity contribution in [2.75, 3.05) is 11.8 Å². The molecular weight excluding hydrogens is 881 g/mol. The number of hydrazone groups is 1. The smallest absolute Gasteiger partial charge is 0.335 e. The average molecular weight is 931 g/mol. The summed E-state index contributed by atoms with van der Waals surface area (Å²) in [6.07, 6.45) is 2.70. The minimum atomic E-state index is -4.28. The van der Waals surface area contributed by atoms with Gasteiger partial charge in [0.1, 0.15) is 23.8 Å². The fourth-order valence-electron chi connectivity index (χ4n) is 7.25. The molecule has 18 heteroatoms. The number of aryl methyl sites for hydroxylation is 1. The second-order valence-electron chi connectivity index (χ2n) is 15.3. The Morgan fingerprint density at radius 3 is 2.03 bits per heavy atom. The molecule has 0 radical (unpaired) electrons. The second-order valence-corrected chi connectivity index (χ2v) is 18.6. The predicted molar refractivity (Wildman–Crippen MR) is 255 cm³/mol. The Hall–Kier alpha value is -7.57. The van der Waals surface area contributed by atoms with Crippen LogP contribution in [0.5, 0.6) is 5.75 Å². The summed E-state index contributed by atoms with van der Waals surface area (Å²) in [6.45, 7) is 4.56. The van der Waals surface area contributed by atoms with E-state index in [-0.39, 0.29) is 34.2 Å². The highest BCUT2D eigenvalue weighted by molar-refractivity contribution is 7.92. The van der Waals surface area contributed by atoms with Gasteiger partial charge in [-0.1, -0.05) is 109 Å². The van der Waals surface area contributed by atoms with Crippen molar-refractivity contribution in [2.45, 2.75) is 56.5 Å². The van der Waals surface area contributed by atoms with Gasteiger partial charge in [0, 0.05) is 18.0 Å². The lowest BCUT2D eigenvalue weighted by Gasteiger charge is -2.19. The van der Waals surface area contributed by atoms with Crippen molar-refractivity contribution in [3.8, 4) is 5.75 Å². The molecule has 0 fully saturated rings. The molecule has 1 aromatic heterocycles. The van der Waals surface area contributed by atoms with Gasteiger partial charge in [0.2, 0.25) is 15.9 Å². The second kappa shape index (κ2) is 21.4. The van der Waals surface area contributed by atoms with Crippen LogP contribution < -0.4 is 36.8 Å². The Morgan fingerprint density at radius 1 is 0.773 bits per heavy atom. The number of amidine groups is 1. The highest BCUT2D eigenvalue weighted by Crippen LogP contribution is 2.32. The number of urea groups is 1. The lowest BCUT2D eigenvalue weighted by molar-refractivity contribution is -0.122. The van der Waals surface area contributed by atoms with Crippen molar-refractivity contribution >= 4 is 49.7 Å². The zero-order valence-electron chi connectivity index (χ0n) is 36.6. The van der Waals surface area contributed by atoms with E-state index in [0.29, 0.717) is 33.6 Å². The van der Waals surface area contributed by atoms with Gasteiger partial charge in [-0.25, -0.2) is 18.6 Å². The van der Waals surface area contributed by atoms with Crippen molar-refractivity contribution < 1.29 is 31.2 Å². The number of sulfonamides is 2. The van der Waals surface area contributed by atoms with Crippen LogP contribution in [0.15, 0.2) is 159 Å². The first kappa shape index (κ1) is 47.9. The Labute approximate surface area is 383 Å². The number of nitrogens with zero attached hydrogens (tertiary/aromatic N) is 3. The van der Waals surface area contributed by atoms with E-state index in [4.69, 9.17) is 10.5 Å². The Kier molecular flexibility index (Phi) is 15.5. The van der Waals surface area contributed by atoms with Crippen LogP contribution in [0.4, 0.5) is 10.5 Å². The molecule has 0 aliphatic heterocycles. The minimum absolute atomic E-state index is 0.0171. The van der Waals surface area contributed by atoms with Gasteiger partial charge in [-0.15, -0.1) is 4.40 Å². The molecule has 6 aromatic rings. The fourth-order valence-corrected chi connectivity index (χ4v) is 9.91. The van der Waals surface area contributed by atoms with Gasteiger partial charge in [0.15, 0.2) is 0 Å². The highest BCUT2D eigenvalue weighted by atomic mass is 32.2. The van der Waals surface area contributed by atoms with Gasteiger partial charge in [0.25, 0.3) is 15.6 Å². The topological polar surface area (TPSA) is 233 Å². The number of carbonyl (C=O) groups is 2. The van der Waals surface area contributed by atoms with Gasteiger partial charge in [-0.05, 0) is 90.4 Å². The summed E-state index contributed by atoms with van der Waals surface area (Å²) in [4.78, 5) is 40.4. The number of anilines is 1. The number of carbonyl (C=O) groups excluding carboxylic acids is 2. The molecule has 0 bridgehead atoms. The van der Waals surface area contributed by atoms with Crippen molar-refractivity contribution in [2.24, 2.45) is 15.2 Å². The number of nitrogens with two attached hydrogens (primary N) is 1. The van der Waals surface area contributed by atoms with E-state index in [1.54, 1.807) is 81.4 Å². The fraction of sp³-hybridized carbons (Fsp3) is 0.188. The third-order valence-corrected chi connectivity index (χ3v) is 13.3. The molecule has 0 saturated heterocycles. The van der Waals surface area contributed by atoms with Crippen LogP contribution in [0.1, 0.15) is 50.5 Å². The molecule has 0 aliphatic rings. The molecular formula is C48H50N8O8S2. The molecule has 6 N–H and O–H groups in total. The first-order valence-corrected chi connectivity index (χ1v) is 23.7. The van der Waals surface area contributed by atoms with E-state index >= 15 is 0 Å². The van der Waals surface area contributed by atoms with Crippen molar-refractivity contribution in [1.82, 2.24) is 20.6 Å².